The molecule has 0 aliphatic heterocycles. The van der Waals surface area contributed by atoms with Crippen molar-refractivity contribution in [3.63, 3.8) is 0 Å². The van der Waals surface area contributed by atoms with Gasteiger partial charge in [0.15, 0.2) is 11.5 Å². The topological polar surface area (TPSA) is 55.8 Å². The summed E-state index contributed by atoms with van der Waals surface area (Å²) >= 11 is 3.57. The third-order valence-corrected chi connectivity index (χ3v) is 5.88. The molecule has 0 aromatic heterocycles. The number of carboxylic acids is 1. The maximum absolute atomic E-state index is 12.1. The summed E-state index contributed by atoms with van der Waals surface area (Å²) in [5.74, 6) is 0.487. The number of aliphatic carboxylic acids is 1. The van der Waals surface area contributed by atoms with Gasteiger partial charge in [0.05, 0.1) is 18.6 Å². The second-order valence-corrected chi connectivity index (χ2v) is 7.43. The highest BCUT2D eigenvalue weighted by Gasteiger charge is 2.47. The summed E-state index contributed by atoms with van der Waals surface area (Å²) in [5, 5.41) is 9.97. The summed E-state index contributed by atoms with van der Waals surface area (Å²) in [6.07, 6.45) is 7.69. The van der Waals surface area contributed by atoms with Gasteiger partial charge in [-0.25, -0.2) is 0 Å². The summed E-state index contributed by atoms with van der Waals surface area (Å²) in [6.45, 7) is 0. The first kappa shape index (κ1) is 16.6. The molecule has 0 saturated heterocycles. The van der Waals surface area contributed by atoms with Crippen LogP contribution in [0.25, 0.3) is 0 Å². The van der Waals surface area contributed by atoms with E-state index in [0.29, 0.717) is 24.3 Å². The largest absolute Gasteiger partial charge is 0.493 e. The van der Waals surface area contributed by atoms with Gasteiger partial charge in [0, 0.05) is 10.0 Å². The van der Waals surface area contributed by atoms with Crippen molar-refractivity contribution in [1.82, 2.24) is 0 Å². The lowest BCUT2D eigenvalue weighted by molar-refractivity contribution is -0.143. The molecule has 3 rings (SSSR count). The third-order valence-electron chi connectivity index (χ3n) is 5.22. The van der Waals surface area contributed by atoms with Gasteiger partial charge in [-0.3, -0.25) is 4.79 Å². The van der Waals surface area contributed by atoms with E-state index in [0.717, 1.165) is 35.7 Å². The third kappa shape index (κ3) is 2.95. The lowest BCUT2D eigenvalue weighted by atomic mass is 9.78. The van der Waals surface area contributed by atoms with E-state index in [4.69, 9.17) is 9.47 Å². The van der Waals surface area contributed by atoms with Crippen LogP contribution in [0.5, 0.6) is 11.5 Å². The number of rotatable bonds is 5. The van der Waals surface area contributed by atoms with Gasteiger partial charge in [-0.2, -0.15) is 0 Å². The summed E-state index contributed by atoms with van der Waals surface area (Å²) in [4.78, 5) is 12.1. The molecular formula is C18H23BrO4. The molecule has 0 spiro atoms. The highest BCUT2D eigenvalue weighted by Crippen LogP contribution is 2.51. The van der Waals surface area contributed by atoms with Crippen molar-refractivity contribution in [2.24, 2.45) is 0 Å². The number of ether oxygens (including phenoxy) is 2. The van der Waals surface area contributed by atoms with Gasteiger partial charge < -0.3 is 14.6 Å². The van der Waals surface area contributed by atoms with Crippen LogP contribution in [0.1, 0.15) is 56.9 Å². The molecule has 2 aliphatic rings. The Balaban J connectivity index is 2.11. The number of hydrogen-bond donors (Lipinski definition) is 1. The van der Waals surface area contributed by atoms with E-state index >= 15 is 0 Å². The van der Waals surface area contributed by atoms with E-state index in [1.165, 1.54) is 12.8 Å². The van der Waals surface area contributed by atoms with Crippen LogP contribution < -0.4 is 9.47 Å². The number of benzene rings is 1. The zero-order chi connectivity index (χ0) is 16.4. The van der Waals surface area contributed by atoms with Crippen molar-refractivity contribution in [3.8, 4) is 11.5 Å². The molecular weight excluding hydrogens is 360 g/mol. The molecule has 4 nitrogen and oxygen atoms in total. The summed E-state index contributed by atoms with van der Waals surface area (Å²) in [7, 11) is 1.61. The number of methoxy groups -OCH3 is 1. The first-order valence-corrected chi connectivity index (χ1v) is 9.15. The van der Waals surface area contributed by atoms with Crippen molar-refractivity contribution >= 4 is 21.9 Å². The van der Waals surface area contributed by atoms with E-state index in [1.54, 1.807) is 7.11 Å². The maximum Gasteiger partial charge on any atom is 0.314 e. The van der Waals surface area contributed by atoms with Crippen LogP contribution in [0.2, 0.25) is 0 Å². The van der Waals surface area contributed by atoms with Gasteiger partial charge in [0.25, 0.3) is 0 Å². The molecule has 1 N–H and O–H groups in total. The maximum atomic E-state index is 12.1. The fourth-order valence-corrected chi connectivity index (χ4v) is 4.68. The molecule has 0 radical (unpaired) electrons. The molecule has 0 atom stereocenters. The monoisotopic (exact) mass is 382 g/mol. The van der Waals surface area contributed by atoms with Gasteiger partial charge in [-0.15, -0.1) is 0 Å². The Hall–Kier alpha value is -1.23. The first-order valence-electron chi connectivity index (χ1n) is 8.35. The van der Waals surface area contributed by atoms with Gasteiger partial charge >= 0.3 is 5.97 Å². The van der Waals surface area contributed by atoms with Crippen LogP contribution in [0.3, 0.4) is 0 Å². The SMILES string of the molecule is COc1ccc(Br)c(C2(C(=O)O)CCCC2)c1OC1CCCC1. The Kier molecular flexibility index (Phi) is 4.85. The Labute approximate surface area is 145 Å². The smallest absolute Gasteiger partial charge is 0.314 e. The second kappa shape index (κ2) is 6.71. The first-order chi connectivity index (χ1) is 11.1. The number of carboxylic acid groups (broad SMARTS) is 1. The zero-order valence-corrected chi connectivity index (χ0v) is 15.0. The number of carbonyl (C=O) groups is 1. The predicted octanol–water partition coefficient (Wildman–Crippen LogP) is 4.68. The molecule has 0 heterocycles. The van der Waals surface area contributed by atoms with E-state index in [9.17, 15) is 9.90 Å². The molecule has 126 valence electrons. The average molecular weight is 383 g/mol. The van der Waals surface area contributed by atoms with Crippen LogP contribution >= 0.6 is 15.9 Å². The van der Waals surface area contributed by atoms with Crippen LogP contribution in [0.4, 0.5) is 0 Å². The molecule has 0 amide bonds. The molecule has 0 bridgehead atoms. The van der Waals surface area contributed by atoms with Gasteiger partial charge in [0.1, 0.15) is 0 Å². The van der Waals surface area contributed by atoms with Gasteiger partial charge in [0.2, 0.25) is 0 Å². The Morgan fingerprint density at radius 1 is 1.22 bits per heavy atom. The average Bonchev–Trinajstić information content (AvgIpc) is 3.19. The second-order valence-electron chi connectivity index (χ2n) is 6.57. The minimum atomic E-state index is -0.874. The minimum absolute atomic E-state index is 0.157. The number of halogens is 1. The van der Waals surface area contributed by atoms with Gasteiger partial charge in [-0.05, 0) is 50.7 Å². The van der Waals surface area contributed by atoms with Crippen molar-refractivity contribution in [1.29, 1.82) is 0 Å². The summed E-state index contributed by atoms with van der Waals surface area (Å²) in [5.41, 5.74) is -0.116. The van der Waals surface area contributed by atoms with E-state index in [-0.39, 0.29) is 6.10 Å². The summed E-state index contributed by atoms with van der Waals surface area (Å²) in [6, 6.07) is 3.72. The zero-order valence-electron chi connectivity index (χ0n) is 13.4. The quantitative estimate of drug-likeness (QED) is 0.803. The van der Waals surface area contributed by atoms with Crippen molar-refractivity contribution in [2.45, 2.75) is 62.9 Å². The van der Waals surface area contributed by atoms with Gasteiger partial charge in [-0.1, -0.05) is 28.8 Å². The fourth-order valence-electron chi connectivity index (χ4n) is 3.99. The Morgan fingerprint density at radius 3 is 2.43 bits per heavy atom. The van der Waals surface area contributed by atoms with Crippen LogP contribution in [-0.4, -0.2) is 24.3 Å². The Morgan fingerprint density at radius 2 is 1.87 bits per heavy atom. The summed E-state index contributed by atoms with van der Waals surface area (Å²) < 4.78 is 12.6. The van der Waals surface area contributed by atoms with E-state index in [1.807, 2.05) is 12.1 Å². The molecule has 1 aromatic carbocycles. The molecule has 2 fully saturated rings. The standard InChI is InChI=1S/C18H23BrO4/c1-22-14-9-8-13(19)15(16(14)23-12-6-2-3-7-12)18(17(20)21)10-4-5-11-18/h8-9,12H,2-7,10-11H2,1H3,(H,20,21). The highest BCUT2D eigenvalue weighted by molar-refractivity contribution is 9.10. The fraction of sp³-hybridized carbons (Fsp3) is 0.611. The minimum Gasteiger partial charge on any atom is -0.493 e. The van der Waals surface area contributed by atoms with Crippen molar-refractivity contribution < 1.29 is 19.4 Å². The number of hydrogen-bond acceptors (Lipinski definition) is 3. The van der Waals surface area contributed by atoms with E-state index < -0.39 is 11.4 Å². The predicted molar refractivity (Wildman–Crippen MR) is 91.4 cm³/mol. The molecule has 0 unspecified atom stereocenters. The molecule has 23 heavy (non-hydrogen) atoms. The van der Waals surface area contributed by atoms with Crippen molar-refractivity contribution in [2.75, 3.05) is 7.11 Å². The van der Waals surface area contributed by atoms with Crippen LogP contribution in [0.15, 0.2) is 16.6 Å². The molecule has 1 aromatic rings. The van der Waals surface area contributed by atoms with E-state index in [2.05, 4.69) is 15.9 Å². The molecule has 2 saturated carbocycles. The normalized spacial score (nSPS) is 20.6. The molecule has 2 aliphatic carbocycles. The van der Waals surface area contributed by atoms with Crippen LogP contribution in [0, 0.1) is 0 Å². The highest BCUT2D eigenvalue weighted by atomic mass is 79.9. The van der Waals surface area contributed by atoms with Crippen molar-refractivity contribution in [3.05, 3.63) is 22.2 Å². The lowest BCUT2D eigenvalue weighted by Crippen LogP contribution is -2.34. The van der Waals surface area contributed by atoms with Crippen LogP contribution in [-0.2, 0) is 10.2 Å². The lowest BCUT2D eigenvalue weighted by Gasteiger charge is -2.30. The Bertz CT molecular complexity index is 587. The molecule has 5 heteroatoms.